The number of allylic oxidation sites excluding steroid dienone is 1. The van der Waals surface area contributed by atoms with Gasteiger partial charge in [0.15, 0.2) is 0 Å². The van der Waals surface area contributed by atoms with Crippen LogP contribution in [-0.2, 0) is 27.2 Å². The van der Waals surface area contributed by atoms with Crippen LogP contribution in [0.25, 0.3) is 0 Å². The van der Waals surface area contributed by atoms with Crippen LogP contribution in [0.1, 0.15) is 96.7 Å². The van der Waals surface area contributed by atoms with E-state index in [1.165, 1.54) is 19.3 Å². The monoisotopic (exact) mass is 606 g/mol. The van der Waals surface area contributed by atoms with Crippen LogP contribution in [0.15, 0.2) is 55.5 Å². The smallest absolute Gasteiger partial charge is 0.243 e. The Morgan fingerprint density at radius 1 is 1.07 bits per heavy atom. The van der Waals surface area contributed by atoms with Crippen LogP contribution in [0.4, 0.5) is 0 Å². The van der Waals surface area contributed by atoms with E-state index in [1.807, 2.05) is 57.2 Å². The van der Waals surface area contributed by atoms with Gasteiger partial charge in [-0.3, -0.25) is 14.4 Å². The number of aromatic nitrogens is 2. The fourth-order valence-electron chi connectivity index (χ4n) is 6.08. The largest absolute Gasteiger partial charge is 0.391 e. The Hall–Kier alpha value is -3.26. The van der Waals surface area contributed by atoms with Gasteiger partial charge < -0.3 is 20.7 Å². The highest BCUT2D eigenvalue weighted by atomic mass is 16.3. The maximum absolute atomic E-state index is 14.0. The third kappa shape index (κ3) is 11.3. The Morgan fingerprint density at radius 2 is 1.77 bits per heavy atom. The molecule has 8 heteroatoms. The molecular weight excluding hydrogens is 552 g/mol. The van der Waals surface area contributed by atoms with E-state index >= 15 is 0 Å². The van der Waals surface area contributed by atoms with Crippen LogP contribution in [0, 0.1) is 23.2 Å². The van der Waals surface area contributed by atoms with E-state index in [-0.39, 0.29) is 36.4 Å². The van der Waals surface area contributed by atoms with E-state index in [9.17, 15) is 19.5 Å². The van der Waals surface area contributed by atoms with Crippen molar-refractivity contribution in [3.05, 3.63) is 66.8 Å². The molecule has 2 aromatic rings. The number of ketones is 1. The Labute approximate surface area is 263 Å². The van der Waals surface area contributed by atoms with Crippen molar-refractivity contribution in [3.63, 3.8) is 0 Å². The Morgan fingerprint density at radius 3 is 2.36 bits per heavy atom. The summed E-state index contributed by atoms with van der Waals surface area (Å²) in [6, 6.07) is 8.28. The first-order valence-corrected chi connectivity index (χ1v) is 16.5. The molecule has 1 saturated carbocycles. The second kappa shape index (κ2) is 17.3. The van der Waals surface area contributed by atoms with Crippen molar-refractivity contribution in [3.8, 4) is 0 Å². The molecule has 5 atom stereocenters. The predicted molar refractivity (Wildman–Crippen MR) is 175 cm³/mol. The third-order valence-corrected chi connectivity index (χ3v) is 9.08. The van der Waals surface area contributed by atoms with Crippen molar-refractivity contribution in [1.82, 2.24) is 20.6 Å². The number of imidazole rings is 1. The highest BCUT2D eigenvalue weighted by molar-refractivity contribution is 5.92. The zero-order valence-electron chi connectivity index (χ0n) is 27.2. The minimum absolute atomic E-state index is 0.00786. The van der Waals surface area contributed by atoms with Crippen LogP contribution >= 0.6 is 0 Å². The molecule has 2 amide bonds. The second-order valence-corrected chi connectivity index (χ2v) is 13.7. The van der Waals surface area contributed by atoms with E-state index < -0.39 is 29.5 Å². The normalized spacial score (nSPS) is 17.6. The Kier molecular flexibility index (Phi) is 13.8. The maximum Gasteiger partial charge on any atom is 0.243 e. The number of Topliss-reactive ketones (excluding diaryl/α,β-unsaturated/α-hetero) is 1. The molecule has 1 heterocycles. The highest BCUT2D eigenvalue weighted by Crippen LogP contribution is 2.29. The zero-order valence-corrected chi connectivity index (χ0v) is 27.2. The SMILES string of the molecule is C=C[C@H](CC)C[C@H](O)[C@H](CC1CCCCC1)NC(=O)[C@H](Cc1cnc[nH]1)NC(=O)[C@@H](CC(=O)C(C)(C)C)Cc1ccccc1. The first-order valence-electron chi connectivity index (χ1n) is 16.5. The molecule has 1 aromatic carbocycles. The molecule has 0 bridgehead atoms. The molecule has 0 aliphatic heterocycles. The molecule has 1 aromatic heterocycles. The summed E-state index contributed by atoms with van der Waals surface area (Å²) in [4.78, 5) is 48.1. The van der Waals surface area contributed by atoms with Crippen LogP contribution < -0.4 is 10.6 Å². The number of carbonyl (C=O) groups excluding carboxylic acids is 3. The zero-order chi connectivity index (χ0) is 32.1. The van der Waals surface area contributed by atoms with Crippen molar-refractivity contribution >= 4 is 17.6 Å². The summed E-state index contributed by atoms with van der Waals surface area (Å²) in [6.45, 7) is 11.6. The van der Waals surface area contributed by atoms with E-state index in [0.717, 1.165) is 24.8 Å². The lowest BCUT2D eigenvalue weighted by molar-refractivity contribution is -0.135. The van der Waals surface area contributed by atoms with Gasteiger partial charge >= 0.3 is 0 Å². The molecule has 8 nitrogen and oxygen atoms in total. The number of nitrogens with one attached hydrogen (secondary N) is 3. The van der Waals surface area contributed by atoms with Gasteiger partial charge in [-0.15, -0.1) is 6.58 Å². The molecule has 0 spiro atoms. The molecule has 242 valence electrons. The van der Waals surface area contributed by atoms with Gasteiger partial charge in [-0.1, -0.05) is 96.2 Å². The molecule has 0 radical (unpaired) electrons. The van der Waals surface area contributed by atoms with Crippen LogP contribution in [0.5, 0.6) is 0 Å². The molecule has 1 aliphatic carbocycles. The van der Waals surface area contributed by atoms with Crippen molar-refractivity contribution in [2.75, 3.05) is 0 Å². The maximum atomic E-state index is 14.0. The van der Waals surface area contributed by atoms with Gasteiger partial charge in [0.2, 0.25) is 11.8 Å². The van der Waals surface area contributed by atoms with Gasteiger partial charge in [0.05, 0.1) is 18.5 Å². The number of hydrogen-bond acceptors (Lipinski definition) is 5. The summed E-state index contributed by atoms with van der Waals surface area (Å²) in [7, 11) is 0. The summed E-state index contributed by atoms with van der Waals surface area (Å²) in [5, 5.41) is 17.5. The Balaban J connectivity index is 1.83. The summed E-state index contributed by atoms with van der Waals surface area (Å²) in [5.74, 6) is -0.746. The standard InChI is InChI=1S/C36H54N4O4/c1-6-25(7-2)20-32(41)30(19-27-16-12-9-13-17-27)39-35(44)31(22-29-23-37-24-38-29)40-34(43)28(21-33(42)36(3,4)5)18-26-14-10-8-11-15-26/h6,8,10-11,14-15,23-25,27-28,30-32,41H,1,7,9,12-13,16-22H2,2-5H3,(H,37,38)(H,39,44)(H,40,43)/t25-,28-,30+,31+,32+/m1/s1. The van der Waals surface area contributed by atoms with E-state index in [2.05, 4.69) is 34.1 Å². The first kappa shape index (κ1) is 35.2. The number of aliphatic hydroxyl groups excluding tert-OH is 1. The van der Waals surface area contributed by atoms with Gasteiger partial charge in [-0.2, -0.15) is 0 Å². The fraction of sp³-hybridized carbons (Fsp3) is 0.611. The summed E-state index contributed by atoms with van der Waals surface area (Å²) in [5.41, 5.74) is 1.07. The number of carbonyl (C=O) groups is 3. The minimum Gasteiger partial charge on any atom is -0.391 e. The molecule has 1 aliphatic rings. The summed E-state index contributed by atoms with van der Waals surface area (Å²) >= 11 is 0. The molecular formula is C36H54N4O4. The van der Waals surface area contributed by atoms with Crippen LogP contribution in [0.3, 0.4) is 0 Å². The Bertz CT molecular complexity index is 1170. The predicted octanol–water partition coefficient (Wildman–Crippen LogP) is 5.72. The molecule has 0 saturated heterocycles. The number of hydrogen-bond donors (Lipinski definition) is 4. The minimum atomic E-state index is -0.909. The summed E-state index contributed by atoms with van der Waals surface area (Å²) < 4.78 is 0. The fourth-order valence-corrected chi connectivity index (χ4v) is 6.08. The molecule has 4 N–H and O–H groups in total. The van der Waals surface area contributed by atoms with Gasteiger partial charge in [-0.25, -0.2) is 4.98 Å². The lowest BCUT2D eigenvalue weighted by Gasteiger charge is -2.32. The number of amides is 2. The average Bonchev–Trinajstić information content (AvgIpc) is 3.52. The molecule has 1 fully saturated rings. The van der Waals surface area contributed by atoms with Gasteiger partial charge in [0.25, 0.3) is 0 Å². The average molecular weight is 607 g/mol. The highest BCUT2D eigenvalue weighted by Gasteiger charge is 2.34. The number of rotatable bonds is 17. The van der Waals surface area contributed by atoms with E-state index in [1.54, 1.807) is 12.5 Å². The van der Waals surface area contributed by atoms with Crippen molar-refractivity contribution in [1.29, 1.82) is 0 Å². The van der Waals surface area contributed by atoms with Gasteiger partial charge in [-0.05, 0) is 43.1 Å². The number of nitrogens with zero attached hydrogens (tertiary/aromatic N) is 1. The topological polar surface area (TPSA) is 124 Å². The molecule has 44 heavy (non-hydrogen) atoms. The number of aliphatic hydroxyl groups is 1. The van der Waals surface area contributed by atoms with Gasteiger partial charge in [0, 0.05) is 36.1 Å². The number of aromatic amines is 1. The van der Waals surface area contributed by atoms with Gasteiger partial charge in [0.1, 0.15) is 11.8 Å². The van der Waals surface area contributed by atoms with E-state index in [4.69, 9.17) is 0 Å². The number of benzene rings is 1. The quantitative estimate of drug-likeness (QED) is 0.172. The van der Waals surface area contributed by atoms with Crippen molar-refractivity contribution in [2.45, 2.75) is 117 Å². The lowest BCUT2D eigenvalue weighted by Crippen LogP contribution is -2.55. The second-order valence-electron chi connectivity index (χ2n) is 13.7. The summed E-state index contributed by atoms with van der Waals surface area (Å²) in [6.07, 6.45) is 12.8. The number of H-pyrrole nitrogens is 1. The van der Waals surface area contributed by atoms with Crippen LogP contribution in [-0.4, -0.2) is 50.9 Å². The molecule has 3 rings (SSSR count). The first-order chi connectivity index (χ1) is 21.0. The third-order valence-electron chi connectivity index (χ3n) is 9.08. The van der Waals surface area contributed by atoms with Crippen molar-refractivity contribution < 1.29 is 19.5 Å². The van der Waals surface area contributed by atoms with E-state index in [0.29, 0.717) is 30.9 Å². The van der Waals surface area contributed by atoms with Crippen molar-refractivity contribution in [2.24, 2.45) is 23.2 Å². The lowest BCUT2D eigenvalue weighted by atomic mass is 9.82. The van der Waals surface area contributed by atoms with Crippen LogP contribution in [0.2, 0.25) is 0 Å². The molecule has 0 unspecified atom stereocenters.